The summed E-state index contributed by atoms with van der Waals surface area (Å²) in [6, 6.07) is 19.8. The van der Waals surface area contributed by atoms with Gasteiger partial charge in [-0.15, -0.1) is 0 Å². The van der Waals surface area contributed by atoms with E-state index in [1.54, 1.807) is 6.33 Å². The Bertz CT molecular complexity index is 823. The lowest BCUT2D eigenvalue weighted by atomic mass is 10.00. The minimum absolute atomic E-state index is 0.344. The predicted molar refractivity (Wildman–Crippen MR) is 104 cm³/mol. The molecule has 1 atom stereocenters. The molecule has 0 spiro atoms. The molecule has 0 bridgehead atoms. The fourth-order valence-corrected chi connectivity index (χ4v) is 3.81. The monoisotopic (exact) mass is 346 g/mol. The van der Waals surface area contributed by atoms with E-state index in [1.165, 1.54) is 29.5 Å². The van der Waals surface area contributed by atoms with Crippen LogP contribution in [0.5, 0.6) is 0 Å². The Morgan fingerprint density at radius 3 is 2.50 bits per heavy atom. The van der Waals surface area contributed by atoms with E-state index in [0.717, 1.165) is 31.9 Å². The van der Waals surface area contributed by atoms with Crippen molar-refractivity contribution in [3.63, 3.8) is 0 Å². The molecule has 4 heteroatoms. The quantitative estimate of drug-likeness (QED) is 0.688. The average molecular weight is 346 g/mol. The van der Waals surface area contributed by atoms with Crippen LogP contribution in [0.2, 0.25) is 0 Å². The number of nitrogens with zero attached hydrogens (tertiary/aromatic N) is 4. The number of benzene rings is 2. The maximum atomic E-state index is 4.66. The zero-order valence-corrected chi connectivity index (χ0v) is 15.4. The normalized spacial score (nSPS) is 18.1. The van der Waals surface area contributed by atoms with Crippen molar-refractivity contribution < 1.29 is 0 Å². The van der Waals surface area contributed by atoms with E-state index in [1.807, 2.05) is 0 Å². The summed E-state index contributed by atoms with van der Waals surface area (Å²) >= 11 is 0. The van der Waals surface area contributed by atoms with Crippen molar-refractivity contribution in [3.8, 4) is 0 Å². The van der Waals surface area contributed by atoms with Crippen molar-refractivity contribution in [3.05, 3.63) is 83.4 Å². The van der Waals surface area contributed by atoms with Gasteiger partial charge in [-0.05, 0) is 37.4 Å². The van der Waals surface area contributed by atoms with Crippen molar-refractivity contribution in [2.24, 2.45) is 0 Å². The van der Waals surface area contributed by atoms with Crippen molar-refractivity contribution in [2.45, 2.75) is 45.3 Å². The fraction of sp³-hybridized carbons (Fsp3) is 0.364. The van der Waals surface area contributed by atoms with Crippen LogP contribution in [-0.2, 0) is 13.1 Å². The highest BCUT2D eigenvalue weighted by atomic mass is 15.4. The summed E-state index contributed by atoms with van der Waals surface area (Å²) in [5, 5.41) is 4.53. The van der Waals surface area contributed by atoms with Gasteiger partial charge in [-0.25, -0.2) is 9.67 Å². The maximum absolute atomic E-state index is 4.66. The molecule has 1 aliphatic heterocycles. The Labute approximate surface area is 155 Å². The third-order valence-corrected chi connectivity index (χ3v) is 5.24. The van der Waals surface area contributed by atoms with Gasteiger partial charge in [0.2, 0.25) is 0 Å². The summed E-state index contributed by atoms with van der Waals surface area (Å²) in [7, 11) is 0. The SMILES string of the molecule is Cc1ccc(Cn2ncnc2[C@H]2CCCCN2Cc2ccccc2)cc1. The van der Waals surface area contributed by atoms with E-state index < -0.39 is 0 Å². The van der Waals surface area contributed by atoms with Gasteiger partial charge in [-0.1, -0.05) is 66.6 Å². The number of hydrogen-bond donors (Lipinski definition) is 0. The van der Waals surface area contributed by atoms with E-state index in [2.05, 4.69) is 81.2 Å². The van der Waals surface area contributed by atoms with Crippen LogP contribution < -0.4 is 0 Å². The van der Waals surface area contributed by atoms with E-state index in [0.29, 0.717) is 6.04 Å². The molecule has 3 aromatic rings. The highest BCUT2D eigenvalue weighted by molar-refractivity contribution is 5.22. The molecule has 0 unspecified atom stereocenters. The molecule has 2 heterocycles. The molecule has 26 heavy (non-hydrogen) atoms. The van der Waals surface area contributed by atoms with Crippen molar-refractivity contribution in [1.29, 1.82) is 0 Å². The number of hydrogen-bond acceptors (Lipinski definition) is 3. The molecule has 1 saturated heterocycles. The highest BCUT2D eigenvalue weighted by Gasteiger charge is 2.28. The van der Waals surface area contributed by atoms with Gasteiger partial charge < -0.3 is 0 Å². The van der Waals surface area contributed by atoms with Gasteiger partial charge in [-0.3, -0.25) is 4.90 Å². The van der Waals surface area contributed by atoms with E-state index in [-0.39, 0.29) is 0 Å². The van der Waals surface area contributed by atoms with Crippen LogP contribution in [0.1, 0.15) is 47.8 Å². The van der Waals surface area contributed by atoms with Crippen LogP contribution in [0.15, 0.2) is 60.9 Å². The molecule has 4 rings (SSSR count). The third-order valence-electron chi connectivity index (χ3n) is 5.24. The van der Waals surface area contributed by atoms with Crippen LogP contribution in [0, 0.1) is 6.92 Å². The first kappa shape index (κ1) is 17.0. The molecule has 0 amide bonds. The van der Waals surface area contributed by atoms with Crippen LogP contribution in [-0.4, -0.2) is 26.2 Å². The van der Waals surface area contributed by atoms with Crippen LogP contribution in [0.4, 0.5) is 0 Å². The number of likely N-dealkylation sites (tertiary alicyclic amines) is 1. The lowest BCUT2D eigenvalue weighted by Gasteiger charge is -2.35. The van der Waals surface area contributed by atoms with Crippen LogP contribution in [0.25, 0.3) is 0 Å². The fourth-order valence-electron chi connectivity index (χ4n) is 3.81. The minimum atomic E-state index is 0.344. The second kappa shape index (κ2) is 7.83. The first-order chi connectivity index (χ1) is 12.8. The van der Waals surface area contributed by atoms with Gasteiger partial charge in [0.25, 0.3) is 0 Å². The first-order valence-corrected chi connectivity index (χ1v) is 9.51. The van der Waals surface area contributed by atoms with Gasteiger partial charge in [0.15, 0.2) is 0 Å². The maximum Gasteiger partial charge on any atom is 0.144 e. The molecule has 0 aliphatic carbocycles. The second-order valence-electron chi connectivity index (χ2n) is 7.23. The molecule has 0 N–H and O–H groups in total. The molecule has 1 aliphatic rings. The van der Waals surface area contributed by atoms with Crippen LogP contribution >= 0.6 is 0 Å². The van der Waals surface area contributed by atoms with Crippen molar-refractivity contribution >= 4 is 0 Å². The Morgan fingerprint density at radius 1 is 0.923 bits per heavy atom. The second-order valence-corrected chi connectivity index (χ2v) is 7.23. The standard InChI is InChI=1S/C22H26N4/c1-18-10-12-20(13-11-18)16-26-22(23-17-24-26)21-9-5-6-14-25(21)15-19-7-3-2-4-8-19/h2-4,7-8,10-13,17,21H,5-6,9,14-16H2,1H3/t21-/m1/s1. The summed E-state index contributed by atoms with van der Waals surface area (Å²) in [4.78, 5) is 7.22. The predicted octanol–water partition coefficient (Wildman–Crippen LogP) is 4.36. The zero-order valence-electron chi connectivity index (χ0n) is 15.4. The topological polar surface area (TPSA) is 34.0 Å². The summed E-state index contributed by atoms with van der Waals surface area (Å²) in [6.45, 7) is 5.00. The molecular weight excluding hydrogens is 320 g/mol. The van der Waals surface area contributed by atoms with Crippen molar-refractivity contribution in [1.82, 2.24) is 19.7 Å². The molecule has 134 valence electrons. The Morgan fingerprint density at radius 2 is 1.69 bits per heavy atom. The van der Waals surface area contributed by atoms with Gasteiger partial charge in [-0.2, -0.15) is 5.10 Å². The lowest BCUT2D eigenvalue weighted by molar-refractivity contribution is 0.130. The average Bonchev–Trinajstić information content (AvgIpc) is 3.13. The Kier molecular flexibility index (Phi) is 5.12. The number of piperidine rings is 1. The van der Waals surface area contributed by atoms with Gasteiger partial charge in [0.05, 0.1) is 12.6 Å². The largest absolute Gasteiger partial charge is 0.289 e. The van der Waals surface area contributed by atoms with E-state index in [9.17, 15) is 0 Å². The third kappa shape index (κ3) is 3.86. The van der Waals surface area contributed by atoms with E-state index in [4.69, 9.17) is 0 Å². The lowest BCUT2D eigenvalue weighted by Crippen LogP contribution is -2.34. The minimum Gasteiger partial charge on any atom is -0.289 e. The molecular formula is C22H26N4. The molecule has 1 aromatic heterocycles. The van der Waals surface area contributed by atoms with Crippen LogP contribution in [0.3, 0.4) is 0 Å². The number of rotatable bonds is 5. The van der Waals surface area contributed by atoms with Gasteiger partial charge in [0.1, 0.15) is 12.2 Å². The first-order valence-electron chi connectivity index (χ1n) is 9.51. The summed E-state index contributed by atoms with van der Waals surface area (Å²) in [5.74, 6) is 1.10. The smallest absolute Gasteiger partial charge is 0.144 e. The molecule has 4 nitrogen and oxygen atoms in total. The summed E-state index contributed by atoms with van der Waals surface area (Å²) < 4.78 is 2.08. The molecule has 0 saturated carbocycles. The van der Waals surface area contributed by atoms with Gasteiger partial charge >= 0.3 is 0 Å². The molecule has 2 aromatic carbocycles. The Hall–Kier alpha value is -2.46. The summed E-state index contributed by atoms with van der Waals surface area (Å²) in [6.07, 6.45) is 5.38. The number of aromatic nitrogens is 3. The summed E-state index contributed by atoms with van der Waals surface area (Å²) in [5.41, 5.74) is 3.92. The zero-order chi connectivity index (χ0) is 17.8. The molecule has 0 radical (unpaired) electrons. The van der Waals surface area contributed by atoms with Gasteiger partial charge in [0, 0.05) is 6.54 Å². The van der Waals surface area contributed by atoms with Crippen molar-refractivity contribution in [2.75, 3.05) is 6.54 Å². The highest BCUT2D eigenvalue weighted by Crippen LogP contribution is 2.31. The molecule has 1 fully saturated rings. The Balaban J connectivity index is 1.55. The van der Waals surface area contributed by atoms with E-state index >= 15 is 0 Å². The number of aryl methyl sites for hydroxylation is 1.